The van der Waals surface area contributed by atoms with Crippen LogP contribution in [0.15, 0.2) is 23.1 Å². The summed E-state index contributed by atoms with van der Waals surface area (Å²) in [5, 5.41) is 5.29. The van der Waals surface area contributed by atoms with Gasteiger partial charge in [0, 0.05) is 44.7 Å². The summed E-state index contributed by atoms with van der Waals surface area (Å²) >= 11 is 0. The molecule has 2 fully saturated rings. The summed E-state index contributed by atoms with van der Waals surface area (Å²) in [7, 11) is -4.25. The zero-order chi connectivity index (χ0) is 42.7. The Kier molecular flexibility index (Phi) is 16.5. The number of benzene rings is 1. The Hall–Kier alpha value is -4.32. The van der Waals surface area contributed by atoms with Crippen LogP contribution in [-0.2, 0) is 38.6 Å². The van der Waals surface area contributed by atoms with Gasteiger partial charge in [-0.1, -0.05) is 0 Å². The van der Waals surface area contributed by atoms with Crippen molar-refractivity contribution in [2.45, 2.75) is 122 Å². The van der Waals surface area contributed by atoms with Gasteiger partial charge in [0.2, 0.25) is 28.6 Å². The summed E-state index contributed by atoms with van der Waals surface area (Å²) in [5.41, 5.74) is -1.15. The number of likely N-dealkylation sites (tertiary alicyclic amines) is 2. The third-order valence-corrected chi connectivity index (χ3v) is 11.7. The summed E-state index contributed by atoms with van der Waals surface area (Å²) in [6.45, 7) is 14.0. The van der Waals surface area contributed by atoms with Crippen molar-refractivity contribution in [1.29, 1.82) is 0 Å². The highest BCUT2D eigenvalue weighted by Crippen LogP contribution is 2.34. The van der Waals surface area contributed by atoms with E-state index < -0.39 is 45.7 Å². The van der Waals surface area contributed by atoms with Gasteiger partial charge in [0.05, 0.1) is 18.0 Å². The Morgan fingerprint density at radius 2 is 1.31 bits per heavy atom. The number of carbonyl (C=O) groups is 5. The molecule has 1 aromatic rings. The summed E-state index contributed by atoms with van der Waals surface area (Å²) in [6, 6.07) is 2.57. The predicted octanol–water partition coefficient (Wildman–Crippen LogP) is 4.33. The zero-order valence-electron chi connectivity index (χ0n) is 35.1. The van der Waals surface area contributed by atoms with E-state index in [1.165, 1.54) is 18.2 Å². The minimum absolute atomic E-state index is 0.0157. The number of hydrogen-bond donors (Lipinski definition) is 3. The average molecular weight is 838 g/mol. The Balaban J connectivity index is 1.32. The van der Waals surface area contributed by atoms with Gasteiger partial charge in [-0.05, 0) is 124 Å². The second kappa shape index (κ2) is 20.6. The molecular weight excluding hydrogens is 775 g/mol. The van der Waals surface area contributed by atoms with Gasteiger partial charge in [0.1, 0.15) is 17.2 Å². The largest absolute Gasteiger partial charge is 0.465 e. The molecule has 0 spiro atoms. The van der Waals surface area contributed by atoms with E-state index in [4.69, 9.17) is 23.7 Å². The second-order valence-corrected chi connectivity index (χ2v) is 18.9. The molecule has 17 nitrogen and oxygen atoms in total. The van der Waals surface area contributed by atoms with Gasteiger partial charge in [0.15, 0.2) is 11.5 Å². The van der Waals surface area contributed by atoms with Crippen LogP contribution in [0.1, 0.15) is 99.8 Å². The summed E-state index contributed by atoms with van der Waals surface area (Å²) in [4.78, 5) is 67.9. The number of amides is 4. The maximum Gasteiger partial charge on any atom is 0.410 e. The minimum atomic E-state index is -4.25. The van der Waals surface area contributed by atoms with E-state index in [-0.39, 0.29) is 54.6 Å². The van der Waals surface area contributed by atoms with Crippen LogP contribution < -0.4 is 24.8 Å². The molecule has 0 saturated carbocycles. The van der Waals surface area contributed by atoms with E-state index in [0.29, 0.717) is 56.6 Å². The van der Waals surface area contributed by atoms with Gasteiger partial charge in [0.25, 0.3) is 0 Å². The lowest BCUT2D eigenvalue weighted by atomic mass is 9.84. The molecule has 3 aliphatic heterocycles. The van der Waals surface area contributed by atoms with Gasteiger partial charge < -0.3 is 44.1 Å². The number of carbonyl (C=O) groups excluding carboxylic acids is 5. The summed E-state index contributed by atoms with van der Waals surface area (Å²) in [6.07, 6.45) is 5.24. The van der Waals surface area contributed by atoms with E-state index in [2.05, 4.69) is 15.4 Å². The molecule has 0 bridgehead atoms. The standard InChI is InChI=1S/C40H63N5O12S/c1-8-53-36(48)31(43-58(51,52)30-13-14-32-33(23-30)55-26-54-32)24-41-34(46)25-42-35(47)29(11-9-27-15-19-44(20-16-27)37(49)56-39(2,3)4)12-10-28-17-21-45(22-18-28)38(50)57-40(5,6)7/h13-14,23,27-29,31,43H,8-12,15-22,24-26H2,1-7H3,(H,41,46)(H,42,47)/t31-/m0/s1. The number of fused-ring (bicyclic) bond motifs is 1. The highest BCUT2D eigenvalue weighted by Gasteiger charge is 2.32. The van der Waals surface area contributed by atoms with Crippen LogP contribution in [0.25, 0.3) is 0 Å². The van der Waals surface area contributed by atoms with E-state index in [1.54, 1.807) is 16.7 Å². The van der Waals surface area contributed by atoms with Gasteiger partial charge in [-0.3, -0.25) is 14.4 Å². The van der Waals surface area contributed by atoms with Gasteiger partial charge in [-0.15, -0.1) is 0 Å². The van der Waals surface area contributed by atoms with Crippen molar-refractivity contribution < 1.29 is 56.1 Å². The maximum absolute atomic E-state index is 13.7. The molecule has 3 aliphatic rings. The van der Waals surface area contributed by atoms with E-state index in [0.717, 1.165) is 38.5 Å². The number of esters is 1. The van der Waals surface area contributed by atoms with Crippen LogP contribution in [0.5, 0.6) is 11.5 Å². The van der Waals surface area contributed by atoms with Crippen LogP contribution in [0.4, 0.5) is 9.59 Å². The first-order valence-corrected chi connectivity index (χ1v) is 21.8. The fourth-order valence-electron chi connectivity index (χ4n) is 7.05. The Morgan fingerprint density at radius 3 is 1.81 bits per heavy atom. The Morgan fingerprint density at radius 1 is 0.793 bits per heavy atom. The molecule has 0 unspecified atom stereocenters. The molecule has 4 amide bonds. The van der Waals surface area contributed by atoms with Crippen molar-refractivity contribution in [3.05, 3.63) is 18.2 Å². The molecule has 2 saturated heterocycles. The monoisotopic (exact) mass is 837 g/mol. The van der Waals surface area contributed by atoms with Crippen molar-refractivity contribution in [3.63, 3.8) is 0 Å². The first-order chi connectivity index (χ1) is 27.2. The first kappa shape index (κ1) is 46.4. The maximum atomic E-state index is 13.7. The van der Waals surface area contributed by atoms with Crippen LogP contribution in [-0.4, -0.2) is 118 Å². The van der Waals surface area contributed by atoms with Gasteiger partial charge >= 0.3 is 18.2 Å². The van der Waals surface area contributed by atoms with E-state index >= 15 is 0 Å². The van der Waals surface area contributed by atoms with Crippen LogP contribution in [0.3, 0.4) is 0 Å². The van der Waals surface area contributed by atoms with Crippen molar-refractivity contribution in [3.8, 4) is 11.5 Å². The number of nitrogens with zero attached hydrogens (tertiary/aromatic N) is 2. The number of nitrogens with one attached hydrogen (secondary N) is 3. The SMILES string of the molecule is CCOC(=O)[C@H](CNC(=O)CNC(=O)C(CCC1CCN(C(=O)OC(C)(C)C)CC1)CCC1CCN(C(=O)OC(C)(C)C)CC1)NS(=O)(=O)c1ccc2c(c1)OCO2. The van der Waals surface area contributed by atoms with Crippen LogP contribution in [0, 0.1) is 17.8 Å². The molecule has 326 valence electrons. The Labute approximate surface area is 342 Å². The Bertz CT molecular complexity index is 1640. The van der Waals surface area contributed by atoms with Gasteiger partial charge in [-0.2, -0.15) is 4.72 Å². The lowest BCUT2D eigenvalue weighted by Crippen LogP contribution is -2.50. The molecule has 0 aliphatic carbocycles. The average Bonchev–Trinajstić information content (AvgIpc) is 3.63. The van der Waals surface area contributed by atoms with Crippen molar-refractivity contribution >= 4 is 40.0 Å². The van der Waals surface area contributed by atoms with Crippen LogP contribution in [0.2, 0.25) is 0 Å². The molecule has 3 N–H and O–H groups in total. The van der Waals surface area contributed by atoms with E-state index in [9.17, 15) is 32.4 Å². The van der Waals surface area contributed by atoms with Crippen molar-refractivity contribution in [1.82, 2.24) is 25.2 Å². The third-order valence-electron chi connectivity index (χ3n) is 10.2. The molecule has 58 heavy (non-hydrogen) atoms. The molecule has 4 rings (SSSR count). The molecule has 0 radical (unpaired) electrons. The molecular formula is C40H63N5O12S. The second-order valence-electron chi connectivity index (χ2n) is 17.1. The topological polar surface area (TPSA) is 208 Å². The zero-order valence-corrected chi connectivity index (χ0v) is 35.9. The molecule has 3 heterocycles. The number of hydrogen-bond acceptors (Lipinski definition) is 12. The quantitative estimate of drug-likeness (QED) is 0.157. The van der Waals surface area contributed by atoms with Crippen LogP contribution >= 0.6 is 0 Å². The van der Waals surface area contributed by atoms with Crippen molar-refractivity contribution in [2.24, 2.45) is 17.8 Å². The minimum Gasteiger partial charge on any atom is -0.465 e. The lowest BCUT2D eigenvalue weighted by Gasteiger charge is -2.34. The lowest BCUT2D eigenvalue weighted by molar-refractivity contribution is -0.145. The number of piperidine rings is 2. The highest BCUT2D eigenvalue weighted by atomic mass is 32.2. The number of sulfonamides is 1. The fourth-order valence-corrected chi connectivity index (χ4v) is 8.25. The number of rotatable bonds is 16. The molecule has 18 heteroatoms. The first-order valence-electron chi connectivity index (χ1n) is 20.3. The molecule has 0 aromatic heterocycles. The normalized spacial score (nSPS) is 17.1. The molecule has 1 aromatic carbocycles. The smallest absolute Gasteiger partial charge is 0.410 e. The predicted molar refractivity (Wildman–Crippen MR) is 212 cm³/mol. The highest BCUT2D eigenvalue weighted by molar-refractivity contribution is 7.89. The van der Waals surface area contributed by atoms with Gasteiger partial charge in [-0.25, -0.2) is 18.0 Å². The van der Waals surface area contributed by atoms with Crippen molar-refractivity contribution in [2.75, 3.05) is 52.7 Å². The number of ether oxygens (including phenoxy) is 5. The molecule has 1 atom stereocenters. The summed E-state index contributed by atoms with van der Waals surface area (Å²) in [5.74, 6) is -0.910. The third kappa shape index (κ3) is 14.8. The fraction of sp³-hybridized carbons (Fsp3) is 0.725. The summed E-state index contributed by atoms with van der Waals surface area (Å²) < 4.78 is 55.4. The van der Waals surface area contributed by atoms with E-state index in [1.807, 2.05) is 41.5 Å².